The zero-order valence-corrected chi connectivity index (χ0v) is 13.0. The molecule has 0 saturated carbocycles. The summed E-state index contributed by atoms with van der Waals surface area (Å²) in [5.41, 5.74) is 0.847. The Morgan fingerprint density at radius 1 is 1.38 bits per heavy atom. The van der Waals surface area contributed by atoms with Crippen LogP contribution in [0.25, 0.3) is 0 Å². The monoisotopic (exact) mass is 326 g/mol. The van der Waals surface area contributed by atoms with Gasteiger partial charge in [0.1, 0.15) is 5.75 Å². The minimum absolute atomic E-state index is 0.146. The number of ether oxygens (including phenoxy) is 1. The molecule has 2 rings (SSSR count). The van der Waals surface area contributed by atoms with Crippen LogP contribution in [-0.4, -0.2) is 11.5 Å². The van der Waals surface area contributed by atoms with E-state index in [0.717, 1.165) is 28.3 Å². The molecule has 0 atom stereocenters. The van der Waals surface area contributed by atoms with Crippen molar-refractivity contribution in [2.75, 3.05) is 11.9 Å². The molecule has 0 aliphatic carbocycles. The third-order valence-corrected chi connectivity index (χ3v) is 4.02. The van der Waals surface area contributed by atoms with Crippen LogP contribution in [0.15, 0.2) is 30.3 Å². The van der Waals surface area contributed by atoms with Crippen molar-refractivity contribution in [2.45, 2.75) is 19.9 Å². The molecule has 0 fully saturated rings. The van der Waals surface area contributed by atoms with Gasteiger partial charge in [-0.3, -0.25) is 10.1 Å². The number of nitro groups is 1. The quantitative estimate of drug-likeness (QED) is 0.591. The average Bonchev–Trinajstić information content (AvgIpc) is 2.93. The molecular formula is C14H15ClN2O3S. The van der Waals surface area contributed by atoms with Crippen LogP contribution in [0.1, 0.15) is 18.2 Å². The number of benzene rings is 1. The number of thiophene rings is 1. The Morgan fingerprint density at radius 3 is 2.81 bits per heavy atom. The van der Waals surface area contributed by atoms with E-state index in [0.29, 0.717) is 23.9 Å². The van der Waals surface area contributed by atoms with Crippen molar-refractivity contribution < 1.29 is 9.66 Å². The lowest BCUT2D eigenvalue weighted by Crippen LogP contribution is -1.99. The summed E-state index contributed by atoms with van der Waals surface area (Å²) >= 11 is 7.30. The molecule has 0 bridgehead atoms. The molecule has 0 aliphatic heterocycles. The number of nitrogens with zero attached hydrogens (tertiary/aromatic N) is 1. The van der Waals surface area contributed by atoms with Gasteiger partial charge >= 0.3 is 5.00 Å². The highest BCUT2D eigenvalue weighted by Crippen LogP contribution is 2.29. The van der Waals surface area contributed by atoms with Crippen LogP contribution in [0, 0.1) is 10.1 Å². The van der Waals surface area contributed by atoms with Crippen molar-refractivity contribution in [2.24, 2.45) is 0 Å². The highest BCUT2D eigenvalue weighted by atomic mass is 35.5. The second-order valence-electron chi connectivity index (χ2n) is 4.34. The van der Waals surface area contributed by atoms with Gasteiger partial charge in [-0.1, -0.05) is 29.9 Å². The number of nitrogens with one attached hydrogen (secondary N) is 1. The molecule has 0 aliphatic rings. The molecule has 0 radical (unpaired) electrons. The number of hydrogen-bond donors (Lipinski definition) is 1. The van der Waals surface area contributed by atoms with Crippen LogP contribution in [0.5, 0.6) is 5.75 Å². The van der Waals surface area contributed by atoms with Gasteiger partial charge in [-0.2, -0.15) is 0 Å². The molecule has 5 nitrogen and oxygen atoms in total. The third-order valence-electron chi connectivity index (χ3n) is 2.69. The lowest BCUT2D eigenvalue weighted by atomic mass is 10.3. The molecule has 1 N–H and O–H groups in total. The van der Waals surface area contributed by atoms with E-state index >= 15 is 0 Å². The van der Waals surface area contributed by atoms with Gasteiger partial charge in [0.25, 0.3) is 0 Å². The first-order valence-electron chi connectivity index (χ1n) is 6.49. The summed E-state index contributed by atoms with van der Waals surface area (Å²) in [4.78, 5) is 11.1. The Hall–Kier alpha value is -1.79. The summed E-state index contributed by atoms with van der Waals surface area (Å²) in [5, 5.41) is 14.5. The molecule has 0 unspecified atom stereocenters. The lowest BCUT2D eigenvalue weighted by Gasteiger charge is -2.09. The second kappa shape index (κ2) is 7.28. The molecule has 1 aromatic carbocycles. The van der Waals surface area contributed by atoms with Crippen LogP contribution >= 0.6 is 22.9 Å². The zero-order chi connectivity index (χ0) is 15.2. The van der Waals surface area contributed by atoms with E-state index in [1.165, 1.54) is 6.07 Å². The van der Waals surface area contributed by atoms with Crippen LogP contribution in [-0.2, 0) is 6.54 Å². The van der Waals surface area contributed by atoms with E-state index in [2.05, 4.69) is 5.32 Å². The highest BCUT2D eigenvalue weighted by molar-refractivity contribution is 7.15. The molecule has 0 spiro atoms. The van der Waals surface area contributed by atoms with Crippen molar-refractivity contribution in [3.63, 3.8) is 0 Å². The summed E-state index contributed by atoms with van der Waals surface area (Å²) < 4.78 is 5.50. The van der Waals surface area contributed by atoms with Gasteiger partial charge < -0.3 is 10.1 Å². The van der Waals surface area contributed by atoms with Gasteiger partial charge in [0, 0.05) is 23.2 Å². The van der Waals surface area contributed by atoms with Gasteiger partial charge in [-0.05, 0) is 30.7 Å². The van der Waals surface area contributed by atoms with Crippen LogP contribution in [0.3, 0.4) is 0 Å². The molecule has 1 aromatic heterocycles. The molecule has 7 heteroatoms. The van der Waals surface area contributed by atoms with Gasteiger partial charge in [-0.25, -0.2) is 0 Å². The van der Waals surface area contributed by atoms with E-state index in [1.807, 2.05) is 19.1 Å². The van der Waals surface area contributed by atoms with Crippen molar-refractivity contribution in [3.8, 4) is 5.75 Å². The number of halogens is 1. The SMILES string of the molecule is CCCOc1ccc(NCc2ccc([N+](=O)[O-])s2)cc1Cl. The third kappa shape index (κ3) is 4.34. The predicted molar refractivity (Wildman–Crippen MR) is 85.5 cm³/mol. The van der Waals surface area contributed by atoms with E-state index in [-0.39, 0.29) is 9.92 Å². The largest absolute Gasteiger partial charge is 0.492 e. The summed E-state index contributed by atoms with van der Waals surface area (Å²) in [6.45, 7) is 3.18. The normalized spacial score (nSPS) is 10.4. The van der Waals surface area contributed by atoms with Gasteiger partial charge in [0.15, 0.2) is 0 Å². The highest BCUT2D eigenvalue weighted by Gasteiger charge is 2.09. The van der Waals surface area contributed by atoms with Gasteiger partial charge in [-0.15, -0.1) is 0 Å². The molecule has 21 heavy (non-hydrogen) atoms. The molecular weight excluding hydrogens is 312 g/mol. The zero-order valence-electron chi connectivity index (χ0n) is 11.5. The van der Waals surface area contributed by atoms with E-state index in [1.54, 1.807) is 12.1 Å². The van der Waals surface area contributed by atoms with Crippen molar-refractivity contribution in [1.82, 2.24) is 0 Å². The number of anilines is 1. The molecule has 0 saturated heterocycles. The summed E-state index contributed by atoms with van der Waals surface area (Å²) in [7, 11) is 0. The first-order valence-corrected chi connectivity index (χ1v) is 7.69. The average molecular weight is 327 g/mol. The second-order valence-corrected chi connectivity index (χ2v) is 5.90. The van der Waals surface area contributed by atoms with E-state index in [9.17, 15) is 10.1 Å². The molecule has 1 heterocycles. The van der Waals surface area contributed by atoms with E-state index < -0.39 is 0 Å². The van der Waals surface area contributed by atoms with E-state index in [4.69, 9.17) is 16.3 Å². The maximum Gasteiger partial charge on any atom is 0.324 e. The summed E-state index contributed by atoms with van der Waals surface area (Å²) in [5.74, 6) is 0.663. The predicted octanol–water partition coefficient (Wildman–Crippen LogP) is 4.71. The Bertz CT molecular complexity index is 630. The van der Waals surface area contributed by atoms with Crippen LogP contribution in [0.2, 0.25) is 5.02 Å². The smallest absolute Gasteiger partial charge is 0.324 e. The molecule has 0 amide bonds. The first kappa shape index (κ1) is 15.6. The van der Waals surface area contributed by atoms with Crippen LogP contribution < -0.4 is 10.1 Å². The fraction of sp³-hybridized carbons (Fsp3) is 0.286. The lowest BCUT2D eigenvalue weighted by molar-refractivity contribution is -0.380. The number of hydrogen-bond acceptors (Lipinski definition) is 5. The van der Waals surface area contributed by atoms with Crippen molar-refractivity contribution in [3.05, 3.63) is 50.3 Å². The van der Waals surface area contributed by atoms with Crippen LogP contribution in [0.4, 0.5) is 10.7 Å². The maximum atomic E-state index is 10.6. The summed E-state index contributed by atoms with van der Waals surface area (Å²) in [6.07, 6.45) is 0.924. The van der Waals surface area contributed by atoms with Crippen molar-refractivity contribution >= 4 is 33.6 Å². The minimum atomic E-state index is -0.384. The minimum Gasteiger partial charge on any atom is -0.492 e. The Labute approximate surface area is 131 Å². The fourth-order valence-corrected chi connectivity index (χ4v) is 2.68. The van der Waals surface area contributed by atoms with Gasteiger partial charge in [0.05, 0.1) is 16.6 Å². The van der Waals surface area contributed by atoms with Gasteiger partial charge in [0.2, 0.25) is 0 Å². The first-order chi connectivity index (χ1) is 10.1. The Morgan fingerprint density at radius 2 is 2.19 bits per heavy atom. The number of rotatable bonds is 7. The Balaban J connectivity index is 1.96. The topological polar surface area (TPSA) is 64.4 Å². The maximum absolute atomic E-state index is 10.6. The Kier molecular flexibility index (Phi) is 5.41. The standard InChI is InChI=1S/C14H15ClN2O3S/c1-2-7-20-13-5-3-10(8-12(13)15)16-9-11-4-6-14(21-11)17(18)19/h3-6,8,16H,2,7,9H2,1H3. The fourth-order valence-electron chi connectivity index (χ4n) is 1.69. The molecule has 112 valence electrons. The van der Waals surface area contributed by atoms with Crippen molar-refractivity contribution in [1.29, 1.82) is 0 Å². The summed E-state index contributed by atoms with van der Waals surface area (Å²) in [6, 6.07) is 8.73. The molecule has 2 aromatic rings.